The summed E-state index contributed by atoms with van der Waals surface area (Å²) in [6.07, 6.45) is 0. The van der Waals surface area contributed by atoms with Crippen LogP contribution in [0.15, 0.2) is 0 Å². The van der Waals surface area contributed by atoms with E-state index in [0.717, 1.165) is 20.1 Å². The van der Waals surface area contributed by atoms with Crippen molar-refractivity contribution in [1.29, 1.82) is 0 Å². The highest BCUT2D eigenvalue weighted by Crippen LogP contribution is 1.64. The molecule has 0 unspecified atom stereocenters. The van der Waals surface area contributed by atoms with Gasteiger partial charge >= 0.3 is 0 Å². The van der Waals surface area contributed by atoms with E-state index >= 15 is 0 Å². The summed E-state index contributed by atoms with van der Waals surface area (Å²) < 4.78 is 4.83. The summed E-state index contributed by atoms with van der Waals surface area (Å²) in [7, 11) is 0. The molecule has 0 atom stereocenters. The Labute approximate surface area is 79.0 Å². The fraction of sp³-hybridized carbons (Fsp3) is 0.875. The lowest BCUT2D eigenvalue weighted by atomic mass is 10.8. The Bertz CT molecular complexity index is 76.6. The summed E-state index contributed by atoms with van der Waals surface area (Å²) in [5, 5.41) is 22.7. The van der Waals surface area contributed by atoms with Crippen molar-refractivity contribution in [3.63, 3.8) is 0 Å². The highest BCUT2D eigenvalue weighted by Gasteiger charge is 1.65. The van der Waals surface area contributed by atoms with E-state index in [1.165, 1.54) is 0 Å². The van der Waals surface area contributed by atoms with Gasteiger partial charge in [-0.3, -0.25) is 4.79 Å². The molecule has 5 nitrogen and oxygen atoms in total. The highest BCUT2D eigenvalue weighted by atomic mass is 16.5. The predicted molar refractivity (Wildman–Crippen MR) is 49.6 cm³/mol. The first-order chi connectivity index (χ1) is 6.06. The first-order valence-electron chi connectivity index (χ1n) is 4.05. The minimum absolute atomic E-state index is 0.125. The number of rotatable bonds is 3. The molecule has 0 aliphatic carbocycles. The lowest BCUT2D eigenvalue weighted by molar-refractivity contribution is -0.134. The van der Waals surface area contributed by atoms with Gasteiger partial charge in [0.2, 0.25) is 0 Å². The molecule has 0 aromatic rings. The van der Waals surface area contributed by atoms with Crippen molar-refractivity contribution in [2.75, 3.05) is 26.4 Å². The van der Waals surface area contributed by atoms with Gasteiger partial charge in [-0.25, -0.2) is 0 Å². The van der Waals surface area contributed by atoms with Crippen LogP contribution in [-0.2, 0) is 9.53 Å². The molecule has 0 fully saturated rings. The minimum Gasteiger partial charge on any atom is -0.481 e. The fourth-order valence-electron chi connectivity index (χ4n) is 0.204. The van der Waals surface area contributed by atoms with Crippen molar-refractivity contribution < 1.29 is 24.9 Å². The molecule has 0 spiro atoms. The normalized spacial score (nSPS) is 7.46. The van der Waals surface area contributed by atoms with Crippen LogP contribution in [0.4, 0.5) is 0 Å². The molecular weight excluding hydrogens is 176 g/mol. The second kappa shape index (κ2) is 22.5. The number of carboxylic acid groups (broad SMARTS) is 1. The molecule has 0 saturated heterocycles. The molecule has 3 N–H and O–H groups in total. The van der Waals surface area contributed by atoms with Crippen LogP contribution >= 0.6 is 0 Å². The smallest absolute Gasteiger partial charge is 0.300 e. The molecule has 0 amide bonds. The van der Waals surface area contributed by atoms with Gasteiger partial charge in [0.05, 0.1) is 13.2 Å². The SMILES string of the molecule is CC(=O)O.CCOCC.OCCO. The van der Waals surface area contributed by atoms with Gasteiger partial charge in [0.15, 0.2) is 0 Å². The van der Waals surface area contributed by atoms with Crippen molar-refractivity contribution in [1.82, 2.24) is 0 Å². The van der Waals surface area contributed by atoms with E-state index in [1.54, 1.807) is 0 Å². The van der Waals surface area contributed by atoms with Crippen LogP contribution in [-0.4, -0.2) is 47.7 Å². The molecule has 0 rings (SSSR count). The van der Waals surface area contributed by atoms with Crippen LogP contribution in [0.25, 0.3) is 0 Å². The Morgan fingerprint density at radius 3 is 1.38 bits per heavy atom. The number of aliphatic hydroxyl groups is 2. The maximum absolute atomic E-state index is 9.00. The molecule has 82 valence electrons. The van der Waals surface area contributed by atoms with Gasteiger partial charge in [0.25, 0.3) is 5.97 Å². The zero-order valence-corrected chi connectivity index (χ0v) is 8.49. The second-order valence-electron chi connectivity index (χ2n) is 1.75. The van der Waals surface area contributed by atoms with E-state index in [9.17, 15) is 0 Å². The van der Waals surface area contributed by atoms with Crippen LogP contribution in [0, 0.1) is 0 Å². The monoisotopic (exact) mass is 196 g/mol. The Kier molecular flexibility index (Phi) is 31.5. The number of aliphatic carboxylic acids is 1. The number of hydrogen-bond donors (Lipinski definition) is 3. The Morgan fingerprint density at radius 2 is 1.38 bits per heavy atom. The first-order valence-corrected chi connectivity index (χ1v) is 4.05. The Balaban J connectivity index is -0.000000117. The van der Waals surface area contributed by atoms with Gasteiger partial charge in [-0.1, -0.05) is 0 Å². The van der Waals surface area contributed by atoms with Crippen molar-refractivity contribution in [3.05, 3.63) is 0 Å². The maximum Gasteiger partial charge on any atom is 0.300 e. The standard InChI is InChI=1S/C4H10O.C2H4O2.C2H6O2/c1-3-5-4-2;1-2(3)4;3-1-2-4/h3-4H2,1-2H3;1H3,(H,3,4);3-4H,1-2H2. The van der Waals surface area contributed by atoms with E-state index in [0.29, 0.717) is 0 Å². The lowest BCUT2D eigenvalue weighted by Gasteiger charge is -1.86. The summed E-state index contributed by atoms with van der Waals surface area (Å²) in [4.78, 5) is 9.00. The molecule has 5 heteroatoms. The summed E-state index contributed by atoms with van der Waals surface area (Å²) in [5.74, 6) is -0.833. The van der Waals surface area contributed by atoms with Gasteiger partial charge < -0.3 is 20.1 Å². The average Bonchev–Trinajstić information content (AvgIpc) is 2.05. The molecule has 13 heavy (non-hydrogen) atoms. The second-order valence-corrected chi connectivity index (χ2v) is 1.75. The molecule has 0 aliphatic rings. The average molecular weight is 196 g/mol. The third kappa shape index (κ3) is 180. The zero-order chi connectivity index (χ0) is 11.1. The molecule has 0 aliphatic heterocycles. The number of ether oxygens (including phenoxy) is 1. The third-order valence-electron chi connectivity index (χ3n) is 0.508. The number of hydrogen-bond acceptors (Lipinski definition) is 4. The maximum atomic E-state index is 9.00. The van der Waals surface area contributed by atoms with E-state index in [-0.39, 0.29) is 13.2 Å². The zero-order valence-electron chi connectivity index (χ0n) is 8.49. The van der Waals surface area contributed by atoms with Gasteiger partial charge in [-0.15, -0.1) is 0 Å². The topological polar surface area (TPSA) is 87.0 Å². The van der Waals surface area contributed by atoms with Crippen LogP contribution in [0.1, 0.15) is 20.8 Å². The molecule has 0 aromatic heterocycles. The largest absolute Gasteiger partial charge is 0.481 e. The summed E-state index contributed by atoms with van der Waals surface area (Å²) in [6, 6.07) is 0. The van der Waals surface area contributed by atoms with Gasteiger partial charge in [0, 0.05) is 20.1 Å². The predicted octanol–water partition coefficient (Wildman–Crippen LogP) is 0.105. The Hall–Kier alpha value is -0.650. The van der Waals surface area contributed by atoms with Crippen molar-refractivity contribution in [3.8, 4) is 0 Å². The van der Waals surface area contributed by atoms with Gasteiger partial charge in [-0.2, -0.15) is 0 Å². The summed E-state index contributed by atoms with van der Waals surface area (Å²) in [6.45, 7) is 6.50. The van der Waals surface area contributed by atoms with E-state index in [4.69, 9.17) is 24.9 Å². The summed E-state index contributed by atoms with van der Waals surface area (Å²) in [5.41, 5.74) is 0. The number of carbonyl (C=O) groups is 1. The molecule has 0 radical (unpaired) electrons. The van der Waals surface area contributed by atoms with Crippen molar-refractivity contribution in [2.45, 2.75) is 20.8 Å². The molecule has 0 saturated carbocycles. The number of aliphatic hydroxyl groups excluding tert-OH is 2. The quantitative estimate of drug-likeness (QED) is 0.596. The van der Waals surface area contributed by atoms with E-state index in [1.807, 2.05) is 13.8 Å². The van der Waals surface area contributed by atoms with Crippen LogP contribution in [0.3, 0.4) is 0 Å². The van der Waals surface area contributed by atoms with Crippen molar-refractivity contribution in [2.24, 2.45) is 0 Å². The summed E-state index contributed by atoms with van der Waals surface area (Å²) >= 11 is 0. The molecule has 0 heterocycles. The number of carboxylic acids is 1. The lowest BCUT2D eigenvalue weighted by Crippen LogP contribution is -1.85. The molecule has 0 bridgehead atoms. The minimum atomic E-state index is -0.833. The Morgan fingerprint density at radius 1 is 1.15 bits per heavy atom. The van der Waals surface area contributed by atoms with Crippen molar-refractivity contribution >= 4 is 5.97 Å². The molecule has 0 aromatic carbocycles. The van der Waals surface area contributed by atoms with Crippen LogP contribution in [0.2, 0.25) is 0 Å². The first kappa shape index (κ1) is 18.2. The third-order valence-corrected chi connectivity index (χ3v) is 0.508. The van der Waals surface area contributed by atoms with Gasteiger partial charge in [-0.05, 0) is 13.8 Å². The molecular formula is C8H20O5. The van der Waals surface area contributed by atoms with Gasteiger partial charge in [0.1, 0.15) is 0 Å². The van der Waals surface area contributed by atoms with E-state index < -0.39 is 5.97 Å². The fourth-order valence-corrected chi connectivity index (χ4v) is 0.204. The van der Waals surface area contributed by atoms with Crippen LogP contribution in [0.5, 0.6) is 0 Å². The van der Waals surface area contributed by atoms with E-state index in [2.05, 4.69) is 0 Å². The highest BCUT2D eigenvalue weighted by molar-refractivity contribution is 5.62. The van der Waals surface area contributed by atoms with Crippen LogP contribution < -0.4 is 0 Å².